The van der Waals surface area contributed by atoms with Gasteiger partial charge in [0.1, 0.15) is 6.17 Å². The van der Waals surface area contributed by atoms with Gasteiger partial charge in [-0.05, 0) is 49.6 Å². The van der Waals surface area contributed by atoms with Crippen LogP contribution in [0, 0.1) is 20.8 Å². The summed E-state index contributed by atoms with van der Waals surface area (Å²) in [5.74, 6) is -1.17. The molecule has 0 spiro atoms. The molecule has 5 heteroatoms. The Kier molecular flexibility index (Phi) is 3.39. The fraction of sp³-hybridized carbons (Fsp3) is 0.200. The highest BCUT2D eigenvalue weighted by Gasteiger charge is 2.27. The number of anilines is 1. The van der Waals surface area contributed by atoms with E-state index in [0.717, 1.165) is 28.2 Å². The van der Waals surface area contributed by atoms with Crippen molar-refractivity contribution in [1.29, 1.82) is 0 Å². The largest absolute Gasteiger partial charge is 0.545 e. The van der Waals surface area contributed by atoms with E-state index in [1.165, 1.54) is 11.1 Å². The third kappa shape index (κ3) is 2.48. The Bertz CT molecular complexity index is 987. The maximum atomic E-state index is 11.0. The average Bonchev–Trinajstić information content (AvgIpc) is 2.96. The first kappa shape index (κ1) is 15.4. The number of carbonyl (C=O) groups is 1. The zero-order valence-electron chi connectivity index (χ0n) is 14.3. The number of nitrogens with zero attached hydrogens (tertiary/aromatic N) is 2. The van der Waals surface area contributed by atoms with Gasteiger partial charge in [-0.3, -0.25) is 0 Å². The van der Waals surface area contributed by atoms with Crippen LogP contribution < -0.4 is 10.4 Å². The Hall–Kier alpha value is -3.08. The minimum absolute atomic E-state index is 0.170. The Morgan fingerprint density at radius 1 is 1.12 bits per heavy atom. The number of carbonyl (C=O) groups excluding carboxylic acids is 1. The van der Waals surface area contributed by atoms with Gasteiger partial charge in [-0.15, -0.1) is 0 Å². The molecule has 3 aromatic rings. The van der Waals surface area contributed by atoms with Crippen molar-refractivity contribution in [3.8, 4) is 11.3 Å². The maximum absolute atomic E-state index is 11.0. The molecule has 0 amide bonds. The number of aromatic nitrogens is 2. The predicted octanol–water partition coefficient (Wildman–Crippen LogP) is 2.81. The van der Waals surface area contributed by atoms with Crippen LogP contribution in [0.4, 0.5) is 5.69 Å². The van der Waals surface area contributed by atoms with Gasteiger partial charge in [-0.2, -0.15) is 5.10 Å². The van der Waals surface area contributed by atoms with E-state index in [9.17, 15) is 9.90 Å². The first-order chi connectivity index (χ1) is 11.9. The highest BCUT2D eigenvalue weighted by molar-refractivity contribution is 5.86. The number of aromatic carboxylic acids is 1. The minimum atomic E-state index is -1.17. The lowest BCUT2D eigenvalue weighted by Gasteiger charge is -2.31. The van der Waals surface area contributed by atoms with E-state index in [1.807, 2.05) is 11.6 Å². The molecule has 0 fully saturated rings. The van der Waals surface area contributed by atoms with Crippen molar-refractivity contribution >= 4 is 11.7 Å². The summed E-state index contributed by atoms with van der Waals surface area (Å²) in [5.41, 5.74) is 7.74. The van der Waals surface area contributed by atoms with Crippen LogP contribution in [0.1, 0.15) is 38.9 Å². The van der Waals surface area contributed by atoms with E-state index in [0.29, 0.717) is 0 Å². The van der Waals surface area contributed by atoms with Crippen LogP contribution in [0.15, 0.2) is 42.5 Å². The lowest BCUT2D eigenvalue weighted by Crippen LogP contribution is -2.27. The molecule has 0 bridgehead atoms. The smallest absolute Gasteiger partial charge is 0.147 e. The third-order valence-electron chi connectivity index (χ3n) is 4.60. The van der Waals surface area contributed by atoms with Gasteiger partial charge in [0, 0.05) is 11.3 Å². The summed E-state index contributed by atoms with van der Waals surface area (Å²) in [6.45, 7) is 6.16. The van der Waals surface area contributed by atoms with Crippen molar-refractivity contribution < 1.29 is 9.90 Å². The third-order valence-corrected chi connectivity index (χ3v) is 4.60. The molecule has 25 heavy (non-hydrogen) atoms. The predicted molar refractivity (Wildman–Crippen MR) is 94.4 cm³/mol. The van der Waals surface area contributed by atoms with Crippen molar-refractivity contribution in [1.82, 2.24) is 9.78 Å². The summed E-state index contributed by atoms with van der Waals surface area (Å²) < 4.78 is 1.96. The Morgan fingerprint density at radius 2 is 1.84 bits per heavy atom. The second-order valence-electron chi connectivity index (χ2n) is 6.58. The molecule has 4 rings (SSSR count). The quantitative estimate of drug-likeness (QED) is 0.783. The van der Waals surface area contributed by atoms with E-state index >= 15 is 0 Å². The number of carboxylic acid groups (broad SMARTS) is 1. The number of rotatable bonds is 2. The van der Waals surface area contributed by atoms with Crippen molar-refractivity contribution in [3.63, 3.8) is 0 Å². The maximum Gasteiger partial charge on any atom is 0.147 e. The zero-order chi connectivity index (χ0) is 17.7. The first-order valence-electron chi connectivity index (χ1n) is 8.19. The van der Waals surface area contributed by atoms with Gasteiger partial charge in [0.25, 0.3) is 0 Å². The molecular formula is C20H18N3O2-. The van der Waals surface area contributed by atoms with Crippen molar-refractivity contribution in [2.24, 2.45) is 0 Å². The lowest BCUT2D eigenvalue weighted by molar-refractivity contribution is -0.255. The summed E-state index contributed by atoms with van der Waals surface area (Å²) in [6.07, 6.45) is -0.187. The number of benzene rings is 2. The molecule has 0 aliphatic carbocycles. The lowest BCUT2D eigenvalue weighted by atomic mass is 9.98. The Labute approximate surface area is 145 Å². The van der Waals surface area contributed by atoms with E-state index in [1.54, 1.807) is 24.3 Å². The SMILES string of the molecule is Cc1cc(C)c2c(c1)-c1cc(C)nn1[C@@H](c1ccc(C(=O)[O-])cc1)N2. The number of aryl methyl sites for hydroxylation is 3. The van der Waals surface area contributed by atoms with Crippen LogP contribution in [0.5, 0.6) is 0 Å². The monoisotopic (exact) mass is 332 g/mol. The van der Waals surface area contributed by atoms with Gasteiger partial charge in [0.15, 0.2) is 0 Å². The summed E-state index contributed by atoms with van der Waals surface area (Å²) >= 11 is 0. The van der Waals surface area contributed by atoms with Crippen LogP contribution in [0.2, 0.25) is 0 Å². The molecule has 1 atom stereocenters. The van der Waals surface area contributed by atoms with Gasteiger partial charge >= 0.3 is 0 Å². The van der Waals surface area contributed by atoms with Crippen LogP contribution in [-0.4, -0.2) is 15.7 Å². The van der Waals surface area contributed by atoms with Gasteiger partial charge < -0.3 is 15.2 Å². The van der Waals surface area contributed by atoms with E-state index in [2.05, 4.69) is 42.5 Å². The molecule has 2 aromatic carbocycles. The molecule has 0 radical (unpaired) electrons. The molecule has 1 N–H and O–H groups in total. The average molecular weight is 332 g/mol. The molecule has 0 saturated heterocycles. The minimum Gasteiger partial charge on any atom is -0.545 e. The summed E-state index contributed by atoms with van der Waals surface area (Å²) in [7, 11) is 0. The topological polar surface area (TPSA) is 70.0 Å². The van der Waals surface area contributed by atoms with Crippen LogP contribution in [0.3, 0.4) is 0 Å². The Morgan fingerprint density at radius 3 is 2.52 bits per heavy atom. The summed E-state index contributed by atoms with van der Waals surface area (Å²) in [5, 5.41) is 19.2. The standard InChI is InChI=1S/C20H19N3O2/c1-11-8-12(2)18-16(9-11)17-10-13(3)22-23(17)19(21-18)14-4-6-15(7-5-14)20(24)25/h4-10,19,21H,1-3H3,(H,24,25)/p-1/t19-/m0/s1. The molecule has 0 unspecified atom stereocenters. The second-order valence-corrected chi connectivity index (χ2v) is 6.58. The molecule has 2 heterocycles. The highest BCUT2D eigenvalue weighted by atomic mass is 16.4. The number of fused-ring (bicyclic) bond motifs is 3. The van der Waals surface area contributed by atoms with Gasteiger partial charge in [-0.25, -0.2) is 4.68 Å². The van der Waals surface area contributed by atoms with E-state index in [-0.39, 0.29) is 11.7 Å². The molecule has 1 aliphatic rings. The molecule has 126 valence electrons. The molecule has 0 saturated carbocycles. The normalized spacial score (nSPS) is 15.2. The number of carboxylic acids is 1. The summed E-state index contributed by atoms with van der Waals surface area (Å²) in [6, 6.07) is 13.1. The van der Waals surface area contributed by atoms with Crippen LogP contribution in [-0.2, 0) is 0 Å². The number of hydrogen-bond donors (Lipinski definition) is 1. The van der Waals surface area contributed by atoms with E-state index < -0.39 is 5.97 Å². The van der Waals surface area contributed by atoms with Gasteiger partial charge in [0.05, 0.1) is 17.4 Å². The summed E-state index contributed by atoms with van der Waals surface area (Å²) in [4.78, 5) is 11.0. The number of nitrogens with one attached hydrogen (secondary N) is 1. The van der Waals surface area contributed by atoms with Gasteiger partial charge in [0.2, 0.25) is 0 Å². The number of hydrogen-bond acceptors (Lipinski definition) is 4. The van der Waals surface area contributed by atoms with E-state index in [4.69, 9.17) is 0 Å². The van der Waals surface area contributed by atoms with Crippen molar-refractivity contribution in [3.05, 3.63) is 70.4 Å². The molecule has 1 aliphatic heterocycles. The fourth-order valence-electron chi connectivity index (χ4n) is 3.50. The van der Waals surface area contributed by atoms with Crippen LogP contribution in [0.25, 0.3) is 11.3 Å². The first-order valence-corrected chi connectivity index (χ1v) is 8.19. The molecular weight excluding hydrogens is 314 g/mol. The van der Waals surface area contributed by atoms with Gasteiger partial charge in [-0.1, -0.05) is 35.9 Å². The molecule has 1 aromatic heterocycles. The van der Waals surface area contributed by atoms with Crippen molar-refractivity contribution in [2.45, 2.75) is 26.9 Å². The fourth-order valence-corrected chi connectivity index (χ4v) is 3.50. The van der Waals surface area contributed by atoms with Crippen LogP contribution >= 0.6 is 0 Å². The Balaban J connectivity index is 1.87. The second kappa shape index (κ2) is 5.48. The van der Waals surface area contributed by atoms with Crippen molar-refractivity contribution in [2.75, 3.05) is 5.32 Å². The molecule has 5 nitrogen and oxygen atoms in total. The highest BCUT2D eigenvalue weighted by Crippen LogP contribution is 2.40. The zero-order valence-corrected chi connectivity index (χ0v) is 14.3.